The number of para-hydroxylation sites is 3. The van der Waals surface area contributed by atoms with Crippen molar-refractivity contribution >= 4 is 5.91 Å². The Morgan fingerprint density at radius 2 is 1.54 bits per heavy atom. The lowest BCUT2D eigenvalue weighted by molar-refractivity contribution is -0.156. The van der Waals surface area contributed by atoms with E-state index in [-0.39, 0.29) is 17.9 Å². The summed E-state index contributed by atoms with van der Waals surface area (Å²) in [6, 6.07) is 23.4. The van der Waals surface area contributed by atoms with E-state index < -0.39 is 11.5 Å². The van der Waals surface area contributed by atoms with Gasteiger partial charge in [-0.15, -0.1) is 0 Å². The lowest BCUT2D eigenvalue weighted by Crippen LogP contribution is -2.57. The van der Waals surface area contributed by atoms with Crippen molar-refractivity contribution < 1.29 is 19.4 Å². The molecule has 1 aliphatic carbocycles. The van der Waals surface area contributed by atoms with Gasteiger partial charge in [-0.3, -0.25) is 4.79 Å². The van der Waals surface area contributed by atoms with E-state index in [2.05, 4.69) is 6.07 Å². The quantitative estimate of drug-likeness (QED) is 0.525. The number of benzene rings is 3. The molecule has 1 saturated heterocycles. The first-order valence-electron chi connectivity index (χ1n) is 12.6. The largest absolute Gasteiger partial charge is 0.496 e. The van der Waals surface area contributed by atoms with Crippen LogP contribution in [0.1, 0.15) is 60.8 Å². The molecule has 5 heteroatoms. The number of hydrogen-bond acceptors (Lipinski definition) is 4. The second-order valence-corrected chi connectivity index (χ2v) is 10.0. The number of fused-ring (bicyclic) bond motifs is 3. The number of ether oxygens (including phenoxy) is 2. The summed E-state index contributed by atoms with van der Waals surface area (Å²) >= 11 is 0. The second-order valence-electron chi connectivity index (χ2n) is 10.0. The fraction of sp³-hybridized carbons (Fsp3) is 0.367. The molecule has 3 atom stereocenters. The fourth-order valence-electron chi connectivity index (χ4n) is 6.57. The van der Waals surface area contributed by atoms with Crippen molar-refractivity contribution in [3.05, 3.63) is 89.5 Å². The van der Waals surface area contributed by atoms with Crippen LogP contribution in [0, 0.1) is 5.92 Å². The third kappa shape index (κ3) is 3.61. The molecule has 2 fully saturated rings. The molecule has 0 radical (unpaired) electrons. The summed E-state index contributed by atoms with van der Waals surface area (Å²) < 4.78 is 11.9. The van der Waals surface area contributed by atoms with E-state index in [0.717, 1.165) is 59.6 Å². The molecule has 0 aromatic heterocycles. The standard InChI is InChI=1S/C30H31NO4/c1-34-24-14-5-4-12-22(24)28-23-13-8-9-17-30(23,33)18-19-31(28)29(32)27-20-10-2-6-15-25(20)35-26-16-7-3-11-21(26)27/h2-7,10-12,14-16,23,27-28,33H,8-9,13,17-19H2,1H3/t23-,28-,30+/m0/s1. The first kappa shape index (κ1) is 22.2. The first-order chi connectivity index (χ1) is 17.1. The Hall–Kier alpha value is -3.31. The Kier molecular flexibility index (Phi) is 5.53. The SMILES string of the molecule is COc1ccccc1[C@H]1[C@@H]2CCCC[C@@]2(O)CCN1C(=O)C1c2ccccc2Oc2ccccc21. The van der Waals surface area contributed by atoms with Crippen LogP contribution in [0.4, 0.5) is 0 Å². The summed E-state index contributed by atoms with van der Waals surface area (Å²) in [5, 5.41) is 11.7. The molecule has 0 spiro atoms. The Labute approximate surface area is 206 Å². The molecule has 0 bridgehead atoms. The van der Waals surface area contributed by atoms with E-state index in [1.165, 1.54) is 0 Å². The molecule has 180 valence electrons. The van der Waals surface area contributed by atoms with Gasteiger partial charge >= 0.3 is 0 Å². The van der Waals surface area contributed by atoms with E-state index >= 15 is 0 Å². The number of rotatable bonds is 3. The molecule has 0 unspecified atom stereocenters. The average molecular weight is 470 g/mol. The molecular weight excluding hydrogens is 438 g/mol. The molecule has 3 aliphatic rings. The van der Waals surface area contributed by atoms with E-state index in [1.807, 2.05) is 71.6 Å². The highest BCUT2D eigenvalue weighted by atomic mass is 16.5. The van der Waals surface area contributed by atoms with Crippen LogP contribution in [-0.4, -0.2) is 35.2 Å². The minimum absolute atomic E-state index is 0.0319. The van der Waals surface area contributed by atoms with Gasteiger partial charge in [0.25, 0.3) is 0 Å². The maximum Gasteiger partial charge on any atom is 0.235 e. The number of aliphatic hydroxyl groups is 1. The minimum Gasteiger partial charge on any atom is -0.496 e. The second kappa shape index (κ2) is 8.72. The van der Waals surface area contributed by atoms with Crippen molar-refractivity contribution in [1.29, 1.82) is 0 Å². The maximum atomic E-state index is 14.6. The van der Waals surface area contributed by atoms with Crippen LogP contribution in [0.15, 0.2) is 72.8 Å². The van der Waals surface area contributed by atoms with Crippen molar-refractivity contribution in [2.75, 3.05) is 13.7 Å². The molecule has 1 saturated carbocycles. The molecule has 3 aromatic rings. The summed E-state index contributed by atoms with van der Waals surface area (Å²) in [6.45, 7) is 0.510. The van der Waals surface area contributed by atoms with Crippen LogP contribution in [0.25, 0.3) is 0 Å². The van der Waals surface area contributed by atoms with Crippen LogP contribution in [-0.2, 0) is 4.79 Å². The van der Waals surface area contributed by atoms with Gasteiger partial charge in [0.15, 0.2) is 0 Å². The Morgan fingerprint density at radius 1 is 0.914 bits per heavy atom. The van der Waals surface area contributed by atoms with Gasteiger partial charge in [0, 0.05) is 29.2 Å². The summed E-state index contributed by atoms with van der Waals surface area (Å²) in [5.74, 6) is 1.78. The maximum absolute atomic E-state index is 14.6. The van der Waals surface area contributed by atoms with Gasteiger partial charge in [-0.25, -0.2) is 0 Å². The number of carbonyl (C=O) groups is 1. The average Bonchev–Trinajstić information content (AvgIpc) is 2.90. The molecule has 1 amide bonds. The number of amides is 1. The fourth-order valence-corrected chi connectivity index (χ4v) is 6.57. The molecule has 1 N–H and O–H groups in total. The van der Waals surface area contributed by atoms with Gasteiger partial charge in [0.1, 0.15) is 17.2 Å². The molecular formula is C30H31NO4. The van der Waals surface area contributed by atoms with E-state index in [0.29, 0.717) is 13.0 Å². The Balaban J connectivity index is 1.48. The van der Waals surface area contributed by atoms with E-state index in [1.54, 1.807) is 7.11 Å². The number of hydrogen-bond donors (Lipinski definition) is 1. The predicted molar refractivity (Wildman–Crippen MR) is 134 cm³/mol. The number of carbonyl (C=O) groups excluding carboxylic acids is 1. The molecule has 35 heavy (non-hydrogen) atoms. The highest BCUT2D eigenvalue weighted by Gasteiger charge is 2.52. The number of nitrogens with zero attached hydrogens (tertiary/aromatic N) is 1. The summed E-state index contributed by atoms with van der Waals surface area (Å²) in [4.78, 5) is 16.6. The molecule has 5 nitrogen and oxygen atoms in total. The van der Waals surface area contributed by atoms with Gasteiger partial charge in [0.2, 0.25) is 5.91 Å². The lowest BCUT2D eigenvalue weighted by atomic mass is 9.65. The van der Waals surface area contributed by atoms with Crippen molar-refractivity contribution in [2.45, 2.75) is 49.7 Å². The first-order valence-corrected chi connectivity index (χ1v) is 12.6. The Bertz CT molecular complexity index is 1210. The number of likely N-dealkylation sites (tertiary alicyclic amines) is 1. The van der Waals surface area contributed by atoms with E-state index in [9.17, 15) is 9.90 Å². The van der Waals surface area contributed by atoms with Gasteiger partial charge in [-0.2, -0.15) is 0 Å². The van der Waals surface area contributed by atoms with Crippen molar-refractivity contribution in [2.24, 2.45) is 5.92 Å². The highest BCUT2D eigenvalue weighted by Crippen LogP contribution is 2.53. The monoisotopic (exact) mass is 469 g/mol. The highest BCUT2D eigenvalue weighted by molar-refractivity contribution is 5.90. The molecule has 6 rings (SSSR count). The summed E-state index contributed by atoms with van der Waals surface area (Å²) in [7, 11) is 1.67. The zero-order valence-corrected chi connectivity index (χ0v) is 20.0. The normalized spacial score (nSPS) is 25.6. The zero-order chi connectivity index (χ0) is 24.0. The van der Waals surface area contributed by atoms with Gasteiger partial charge in [0.05, 0.1) is 24.7 Å². The van der Waals surface area contributed by atoms with Gasteiger partial charge < -0.3 is 19.5 Å². The van der Waals surface area contributed by atoms with Gasteiger partial charge in [-0.05, 0) is 37.5 Å². The van der Waals surface area contributed by atoms with Crippen molar-refractivity contribution in [3.8, 4) is 17.2 Å². The van der Waals surface area contributed by atoms with Crippen LogP contribution in [0.5, 0.6) is 17.2 Å². The van der Waals surface area contributed by atoms with Crippen molar-refractivity contribution in [1.82, 2.24) is 4.90 Å². The topological polar surface area (TPSA) is 59.0 Å². The smallest absolute Gasteiger partial charge is 0.235 e. The molecule has 2 aliphatic heterocycles. The third-order valence-corrected chi connectivity index (χ3v) is 8.24. The van der Waals surface area contributed by atoms with Gasteiger partial charge in [-0.1, -0.05) is 67.4 Å². The molecule has 3 aromatic carbocycles. The minimum atomic E-state index is -0.758. The van der Waals surface area contributed by atoms with Crippen LogP contribution >= 0.6 is 0 Å². The predicted octanol–water partition coefficient (Wildman–Crippen LogP) is 5.83. The van der Waals surface area contributed by atoms with E-state index in [4.69, 9.17) is 9.47 Å². The number of methoxy groups -OCH3 is 1. The summed E-state index contributed by atoms with van der Waals surface area (Å²) in [6.07, 6.45) is 4.36. The van der Waals surface area contributed by atoms with Crippen molar-refractivity contribution in [3.63, 3.8) is 0 Å². The molecule has 2 heterocycles. The van der Waals surface area contributed by atoms with Crippen LogP contribution in [0.3, 0.4) is 0 Å². The summed E-state index contributed by atoms with van der Waals surface area (Å²) in [5.41, 5.74) is 1.99. The zero-order valence-electron chi connectivity index (χ0n) is 20.0. The lowest BCUT2D eigenvalue weighted by Gasteiger charge is -2.53. The van der Waals surface area contributed by atoms with Crippen LogP contribution < -0.4 is 9.47 Å². The Morgan fingerprint density at radius 3 is 2.23 bits per heavy atom. The van der Waals surface area contributed by atoms with Crippen LogP contribution in [0.2, 0.25) is 0 Å². The number of piperidine rings is 1. The third-order valence-electron chi connectivity index (χ3n) is 8.24.